The molecule has 4 heteroatoms. The second kappa shape index (κ2) is 5.96. The van der Waals surface area contributed by atoms with Crippen LogP contribution in [0, 0.1) is 5.92 Å². The van der Waals surface area contributed by atoms with Gasteiger partial charge in [0.1, 0.15) is 0 Å². The molecule has 1 fully saturated rings. The first kappa shape index (κ1) is 12.3. The van der Waals surface area contributed by atoms with Crippen molar-refractivity contribution < 1.29 is 0 Å². The normalized spacial score (nSPS) is 21.4. The van der Waals surface area contributed by atoms with Gasteiger partial charge in [-0.15, -0.1) is 0 Å². The Kier molecular flexibility index (Phi) is 4.31. The molecule has 94 valence electrons. The lowest BCUT2D eigenvalue weighted by atomic mass is 9.95. The minimum absolute atomic E-state index is 0.714. The number of likely N-dealkylation sites (tertiary alicyclic amines) is 1. The first-order chi connectivity index (χ1) is 8.31. The summed E-state index contributed by atoms with van der Waals surface area (Å²) in [5, 5.41) is 2.98. The van der Waals surface area contributed by atoms with Crippen molar-refractivity contribution in [1.82, 2.24) is 14.9 Å². The third-order valence-electron chi connectivity index (χ3n) is 3.50. The Morgan fingerprint density at radius 2 is 2.41 bits per heavy atom. The van der Waals surface area contributed by atoms with Gasteiger partial charge in [0, 0.05) is 26.3 Å². The molecular weight excluding hydrogens is 212 g/mol. The molecule has 1 unspecified atom stereocenters. The molecule has 1 aromatic heterocycles. The zero-order valence-electron chi connectivity index (χ0n) is 10.8. The topological polar surface area (TPSA) is 41.1 Å². The van der Waals surface area contributed by atoms with E-state index in [1.807, 2.05) is 19.3 Å². The van der Waals surface area contributed by atoms with E-state index in [1.54, 1.807) is 0 Å². The lowest BCUT2D eigenvalue weighted by molar-refractivity contribution is 0.163. The first-order valence-electron chi connectivity index (χ1n) is 6.54. The highest BCUT2D eigenvalue weighted by molar-refractivity contribution is 5.23. The molecule has 0 amide bonds. The van der Waals surface area contributed by atoms with E-state index in [0.717, 1.165) is 18.2 Å². The molecule has 1 saturated heterocycles. The molecule has 0 aromatic carbocycles. The molecule has 2 rings (SSSR count). The standard InChI is InChI=1S/C13H22N4/c1-3-11-5-4-8-17(9-11)10-12-6-7-15-13(14-2)16-12/h6-7,11H,3-5,8-10H2,1-2H3,(H,14,15,16). The molecule has 0 radical (unpaired) electrons. The first-order valence-corrected chi connectivity index (χ1v) is 6.54. The molecule has 1 aliphatic rings. The highest BCUT2D eigenvalue weighted by Gasteiger charge is 2.18. The predicted molar refractivity (Wildman–Crippen MR) is 69.9 cm³/mol. The average molecular weight is 234 g/mol. The van der Waals surface area contributed by atoms with Crippen LogP contribution in [0.3, 0.4) is 0 Å². The van der Waals surface area contributed by atoms with Gasteiger partial charge in [0.25, 0.3) is 0 Å². The summed E-state index contributed by atoms with van der Waals surface area (Å²) in [6, 6.07) is 2.01. The molecule has 2 heterocycles. The summed E-state index contributed by atoms with van der Waals surface area (Å²) in [5.41, 5.74) is 1.11. The van der Waals surface area contributed by atoms with Crippen LogP contribution in [0.2, 0.25) is 0 Å². The number of aromatic nitrogens is 2. The summed E-state index contributed by atoms with van der Waals surface area (Å²) < 4.78 is 0. The molecule has 0 saturated carbocycles. The van der Waals surface area contributed by atoms with Gasteiger partial charge in [-0.2, -0.15) is 0 Å². The van der Waals surface area contributed by atoms with Crippen LogP contribution in [0.1, 0.15) is 31.9 Å². The van der Waals surface area contributed by atoms with E-state index < -0.39 is 0 Å². The third-order valence-corrected chi connectivity index (χ3v) is 3.50. The zero-order chi connectivity index (χ0) is 12.1. The molecule has 0 aliphatic carbocycles. The number of hydrogen-bond acceptors (Lipinski definition) is 4. The summed E-state index contributed by atoms with van der Waals surface area (Å²) in [6.07, 6.45) is 5.83. The lowest BCUT2D eigenvalue weighted by Gasteiger charge is -2.31. The zero-order valence-corrected chi connectivity index (χ0v) is 10.8. The van der Waals surface area contributed by atoms with E-state index >= 15 is 0 Å². The van der Waals surface area contributed by atoms with Gasteiger partial charge < -0.3 is 5.32 Å². The Labute approximate surface area is 103 Å². The highest BCUT2D eigenvalue weighted by Crippen LogP contribution is 2.20. The molecule has 1 N–H and O–H groups in total. The van der Waals surface area contributed by atoms with Crippen LogP contribution in [-0.2, 0) is 6.54 Å². The van der Waals surface area contributed by atoms with Crippen LogP contribution in [0.15, 0.2) is 12.3 Å². The van der Waals surface area contributed by atoms with Gasteiger partial charge in [-0.1, -0.05) is 13.3 Å². The van der Waals surface area contributed by atoms with Crippen molar-refractivity contribution in [3.63, 3.8) is 0 Å². The van der Waals surface area contributed by atoms with E-state index in [1.165, 1.54) is 32.4 Å². The molecule has 1 aromatic rings. The van der Waals surface area contributed by atoms with Gasteiger partial charge in [0.15, 0.2) is 0 Å². The SMILES string of the molecule is CCC1CCCN(Cc2ccnc(NC)n2)C1. The van der Waals surface area contributed by atoms with Crippen molar-refractivity contribution in [2.75, 3.05) is 25.5 Å². The second-order valence-corrected chi connectivity index (χ2v) is 4.77. The quantitative estimate of drug-likeness (QED) is 0.866. The van der Waals surface area contributed by atoms with Crippen molar-refractivity contribution in [3.8, 4) is 0 Å². The minimum atomic E-state index is 0.714. The summed E-state index contributed by atoms with van der Waals surface area (Å²) >= 11 is 0. The predicted octanol–water partition coefficient (Wildman–Crippen LogP) is 2.14. The maximum atomic E-state index is 4.47. The Bertz CT molecular complexity index is 353. The van der Waals surface area contributed by atoms with E-state index in [4.69, 9.17) is 0 Å². The van der Waals surface area contributed by atoms with Crippen molar-refractivity contribution in [1.29, 1.82) is 0 Å². The Morgan fingerprint density at radius 3 is 3.18 bits per heavy atom. The van der Waals surface area contributed by atoms with Gasteiger partial charge in [0.05, 0.1) is 5.69 Å². The number of rotatable bonds is 4. The number of piperidine rings is 1. The van der Waals surface area contributed by atoms with E-state index in [2.05, 4.69) is 27.1 Å². The summed E-state index contributed by atoms with van der Waals surface area (Å²) in [7, 11) is 1.85. The lowest BCUT2D eigenvalue weighted by Crippen LogP contribution is -2.34. The number of anilines is 1. The van der Waals surface area contributed by atoms with Crippen LogP contribution in [0.4, 0.5) is 5.95 Å². The van der Waals surface area contributed by atoms with Crippen LogP contribution in [0.25, 0.3) is 0 Å². The van der Waals surface area contributed by atoms with Crippen LogP contribution < -0.4 is 5.32 Å². The maximum absolute atomic E-state index is 4.47. The fourth-order valence-electron chi connectivity index (χ4n) is 2.46. The Morgan fingerprint density at radius 1 is 1.53 bits per heavy atom. The molecule has 0 bridgehead atoms. The molecule has 1 aliphatic heterocycles. The fourth-order valence-corrected chi connectivity index (χ4v) is 2.46. The van der Waals surface area contributed by atoms with Crippen molar-refractivity contribution >= 4 is 5.95 Å². The molecule has 0 spiro atoms. The second-order valence-electron chi connectivity index (χ2n) is 4.77. The number of nitrogens with one attached hydrogen (secondary N) is 1. The van der Waals surface area contributed by atoms with Gasteiger partial charge in [-0.05, 0) is 31.4 Å². The largest absolute Gasteiger partial charge is 0.357 e. The highest BCUT2D eigenvalue weighted by atomic mass is 15.2. The van der Waals surface area contributed by atoms with Crippen molar-refractivity contribution in [2.45, 2.75) is 32.7 Å². The smallest absolute Gasteiger partial charge is 0.222 e. The van der Waals surface area contributed by atoms with Gasteiger partial charge >= 0.3 is 0 Å². The van der Waals surface area contributed by atoms with E-state index in [-0.39, 0.29) is 0 Å². The minimum Gasteiger partial charge on any atom is -0.357 e. The molecule has 1 atom stereocenters. The third kappa shape index (κ3) is 3.40. The number of hydrogen-bond donors (Lipinski definition) is 1. The van der Waals surface area contributed by atoms with E-state index in [9.17, 15) is 0 Å². The molecule has 17 heavy (non-hydrogen) atoms. The maximum Gasteiger partial charge on any atom is 0.222 e. The van der Waals surface area contributed by atoms with Crippen molar-refractivity contribution in [2.24, 2.45) is 5.92 Å². The van der Waals surface area contributed by atoms with Crippen LogP contribution in [0.5, 0.6) is 0 Å². The molecular formula is C13H22N4. The van der Waals surface area contributed by atoms with Gasteiger partial charge in [0.2, 0.25) is 5.95 Å². The van der Waals surface area contributed by atoms with Gasteiger partial charge in [-0.25, -0.2) is 9.97 Å². The van der Waals surface area contributed by atoms with Gasteiger partial charge in [-0.3, -0.25) is 4.90 Å². The van der Waals surface area contributed by atoms with Crippen LogP contribution in [-0.4, -0.2) is 35.0 Å². The summed E-state index contributed by atoms with van der Waals surface area (Å²) in [6.45, 7) is 5.66. The molecule has 4 nitrogen and oxygen atoms in total. The summed E-state index contributed by atoms with van der Waals surface area (Å²) in [5.74, 6) is 1.58. The number of nitrogens with zero attached hydrogens (tertiary/aromatic N) is 3. The summed E-state index contributed by atoms with van der Waals surface area (Å²) in [4.78, 5) is 11.1. The van der Waals surface area contributed by atoms with Crippen LogP contribution >= 0.6 is 0 Å². The average Bonchev–Trinajstić information content (AvgIpc) is 2.39. The van der Waals surface area contributed by atoms with E-state index in [0.29, 0.717) is 5.95 Å². The fraction of sp³-hybridized carbons (Fsp3) is 0.692. The van der Waals surface area contributed by atoms with Crippen molar-refractivity contribution in [3.05, 3.63) is 18.0 Å². The Balaban J connectivity index is 1.95. The Hall–Kier alpha value is -1.16. The monoisotopic (exact) mass is 234 g/mol.